The second-order valence-corrected chi connectivity index (χ2v) is 6.22. The van der Waals surface area contributed by atoms with E-state index < -0.39 is 0 Å². The number of ketones is 1. The zero-order valence-corrected chi connectivity index (χ0v) is 15.3. The minimum absolute atomic E-state index is 0.114. The molecule has 7 heteroatoms. The average Bonchev–Trinajstić information content (AvgIpc) is 2.91. The number of methoxy groups -OCH3 is 2. The molecule has 0 aliphatic carbocycles. The molecule has 2 atom stereocenters. The van der Waals surface area contributed by atoms with Gasteiger partial charge in [-0.25, -0.2) is 0 Å². The molecule has 1 aromatic rings. The number of benzene rings is 1. The summed E-state index contributed by atoms with van der Waals surface area (Å²) in [6.45, 7) is 3.73. The summed E-state index contributed by atoms with van der Waals surface area (Å²) in [6.07, 6.45) is 0.746. The van der Waals surface area contributed by atoms with E-state index in [1.807, 2.05) is 7.05 Å². The number of hydrogen-bond acceptors (Lipinski definition) is 7. The fourth-order valence-electron chi connectivity index (χ4n) is 3.46. The lowest BCUT2D eigenvalue weighted by molar-refractivity contribution is -0.142. The number of nitrogens with zero attached hydrogens (tertiary/aromatic N) is 1. The van der Waals surface area contributed by atoms with E-state index in [-0.39, 0.29) is 47.4 Å². The van der Waals surface area contributed by atoms with Crippen LogP contribution in [-0.2, 0) is 9.53 Å². The van der Waals surface area contributed by atoms with Crippen LogP contribution in [0.15, 0.2) is 6.07 Å². The van der Waals surface area contributed by atoms with Crippen molar-refractivity contribution >= 4 is 11.8 Å². The van der Waals surface area contributed by atoms with Crippen LogP contribution in [0.4, 0.5) is 0 Å². The third-order valence-electron chi connectivity index (χ3n) is 4.71. The van der Waals surface area contributed by atoms with Crippen molar-refractivity contribution in [2.24, 2.45) is 0 Å². The molecule has 0 amide bonds. The first-order chi connectivity index (χ1) is 11.8. The van der Waals surface area contributed by atoms with Crippen LogP contribution >= 0.6 is 0 Å². The molecule has 1 unspecified atom stereocenters. The van der Waals surface area contributed by atoms with Gasteiger partial charge in [-0.3, -0.25) is 14.5 Å². The average molecular weight is 351 g/mol. The number of ether oxygens (including phenoxy) is 3. The summed E-state index contributed by atoms with van der Waals surface area (Å²) in [7, 11) is 4.88. The molecule has 1 fully saturated rings. The van der Waals surface area contributed by atoms with Crippen LogP contribution < -0.4 is 9.47 Å². The molecule has 0 bridgehead atoms. The molecule has 0 saturated carbocycles. The zero-order valence-electron chi connectivity index (χ0n) is 15.3. The van der Waals surface area contributed by atoms with E-state index in [0.717, 1.165) is 13.0 Å². The Bertz CT molecular complexity index is 672. The van der Waals surface area contributed by atoms with Crippen LogP contribution in [0.5, 0.6) is 17.2 Å². The minimum atomic E-state index is -0.352. The predicted molar refractivity (Wildman–Crippen MR) is 91.6 cm³/mol. The molecule has 0 aromatic heterocycles. The normalized spacial score (nSPS) is 20.4. The van der Waals surface area contributed by atoms with E-state index in [0.29, 0.717) is 11.3 Å². The number of esters is 1. The lowest BCUT2D eigenvalue weighted by Gasteiger charge is -2.27. The summed E-state index contributed by atoms with van der Waals surface area (Å²) in [5.74, 6) is -0.184. The number of likely N-dealkylation sites (tertiary alicyclic amines) is 1. The molecule has 0 radical (unpaired) electrons. The smallest absolute Gasteiger partial charge is 0.302 e. The standard InChI is InChI=1S/C18H25NO6/c1-10(20)16-14(23-4)8-15(24-5)17(18(16)22)12-6-7-19(3)13(12)9-25-11(2)21/h8,12-13,22H,6-7,9H2,1-5H3/t12?,13-/m0/s1. The molecular weight excluding hydrogens is 326 g/mol. The summed E-state index contributed by atoms with van der Waals surface area (Å²) >= 11 is 0. The number of rotatable bonds is 6. The Kier molecular flexibility index (Phi) is 5.89. The summed E-state index contributed by atoms with van der Waals surface area (Å²) in [6, 6.07) is 1.50. The molecule has 1 saturated heterocycles. The van der Waals surface area contributed by atoms with Crippen LogP contribution in [0.3, 0.4) is 0 Å². The lowest BCUT2D eigenvalue weighted by Crippen LogP contribution is -2.34. The van der Waals surface area contributed by atoms with E-state index in [4.69, 9.17) is 14.2 Å². The molecule has 1 heterocycles. The minimum Gasteiger partial charge on any atom is -0.507 e. The summed E-state index contributed by atoms with van der Waals surface area (Å²) in [5, 5.41) is 10.8. The Morgan fingerprint density at radius 1 is 1.24 bits per heavy atom. The quantitative estimate of drug-likeness (QED) is 0.619. The molecule has 2 rings (SSSR count). The highest BCUT2D eigenvalue weighted by atomic mass is 16.5. The third kappa shape index (κ3) is 3.71. The SMILES string of the molecule is COc1cc(OC)c(C2CCN(C)[C@H]2COC(C)=O)c(O)c1C(C)=O. The van der Waals surface area contributed by atoms with Crippen molar-refractivity contribution in [1.29, 1.82) is 0 Å². The van der Waals surface area contributed by atoms with E-state index in [1.165, 1.54) is 28.1 Å². The van der Waals surface area contributed by atoms with Crippen molar-refractivity contribution in [3.8, 4) is 17.2 Å². The van der Waals surface area contributed by atoms with E-state index in [2.05, 4.69) is 4.90 Å². The molecule has 1 aliphatic rings. The van der Waals surface area contributed by atoms with Gasteiger partial charge in [-0.05, 0) is 26.9 Å². The first-order valence-electron chi connectivity index (χ1n) is 8.14. The molecule has 0 spiro atoms. The highest BCUT2D eigenvalue weighted by molar-refractivity contribution is 6.00. The maximum Gasteiger partial charge on any atom is 0.302 e. The van der Waals surface area contributed by atoms with Gasteiger partial charge >= 0.3 is 5.97 Å². The van der Waals surface area contributed by atoms with Crippen molar-refractivity contribution in [3.63, 3.8) is 0 Å². The monoisotopic (exact) mass is 351 g/mol. The molecule has 1 aromatic carbocycles. The third-order valence-corrected chi connectivity index (χ3v) is 4.71. The first kappa shape index (κ1) is 19.1. The molecular formula is C18H25NO6. The van der Waals surface area contributed by atoms with Crippen molar-refractivity contribution in [2.75, 3.05) is 34.4 Å². The Balaban J connectivity index is 2.54. The Labute approximate surface area is 147 Å². The molecule has 1 aliphatic heterocycles. The number of phenolic OH excluding ortho intramolecular Hbond substituents is 1. The fourth-order valence-corrected chi connectivity index (χ4v) is 3.46. The summed E-state index contributed by atoms with van der Waals surface area (Å²) in [4.78, 5) is 25.3. The molecule has 1 N–H and O–H groups in total. The Hall–Kier alpha value is -2.28. The van der Waals surface area contributed by atoms with Gasteiger partial charge in [0.05, 0.1) is 20.3 Å². The number of carbonyl (C=O) groups is 2. The molecule has 25 heavy (non-hydrogen) atoms. The van der Waals surface area contributed by atoms with E-state index >= 15 is 0 Å². The maximum atomic E-state index is 12.0. The van der Waals surface area contributed by atoms with Crippen LogP contribution in [0, 0.1) is 0 Å². The Morgan fingerprint density at radius 2 is 1.88 bits per heavy atom. The highest BCUT2D eigenvalue weighted by Crippen LogP contribution is 2.47. The van der Waals surface area contributed by atoms with Gasteiger partial charge in [-0.2, -0.15) is 0 Å². The van der Waals surface area contributed by atoms with Crippen molar-refractivity contribution < 1.29 is 28.9 Å². The molecule has 138 valence electrons. The van der Waals surface area contributed by atoms with Crippen molar-refractivity contribution in [1.82, 2.24) is 4.90 Å². The number of aromatic hydroxyl groups is 1. The van der Waals surface area contributed by atoms with Gasteiger partial charge in [0, 0.05) is 24.5 Å². The second-order valence-electron chi connectivity index (χ2n) is 6.22. The van der Waals surface area contributed by atoms with Gasteiger partial charge in [0.1, 0.15) is 29.4 Å². The van der Waals surface area contributed by atoms with Crippen LogP contribution in [-0.4, -0.2) is 62.2 Å². The van der Waals surface area contributed by atoms with E-state index in [1.54, 1.807) is 6.07 Å². The van der Waals surface area contributed by atoms with Gasteiger partial charge in [-0.15, -0.1) is 0 Å². The second kappa shape index (κ2) is 7.74. The van der Waals surface area contributed by atoms with Gasteiger partial charge in [-0.1, -0.05) is 0 Å². The number of phenols is 1. The highest BCUT2D eigenvalue weighted by Gasteiger charge is 2.38. The number of Topliss-reactive ketones (excluding diaryl/α,β-unsaturated/α-hetero) is 1. The van der Waals surface area contributed by atoms with Crippen LogP contribution in [0.25, 0.3) is 0 Å². The number of carbonyl (C=O) groups excluding carboxylic acids is 2. The van der Waals surface area contributed by atoms with Gasteiger partial charge in [0.2, 0.25) is 0 Å². The number of likely N-dealkylation sites (N-methyl/N-ethyl adjacent to an activating group) is 1. The van der Waals surface area contributed by atoms with Crippen LogP contribution in [0.1, 0.15) is 42.1 Å². The van der Waals surface area contributed by atoms with Crippen LogP contribution in [0.2, 0.25) is 0 Å². The first-order valence-corrected chi connectivity index (χ1v) is 8.14. The number of hydrogen-bond donors (Lipinski definition) is 1. The largest absolute Gasteiger partial charge is 0.507 e. The fraction of sp³-hybridized carbons (Fsp3) is 0.556. The zero-order chi connectivity index (χ0) is 18.7. The molecule has 7 nitrogen and oxygen atoms in total. The predicted octanol–water partition coefficient (Wildman–Crippen LogP) is 1.96. The summed E-state index contributed by atoms with van der Waals surface area (Å²) in [5.41, 5.74) is 0.689. The van der Waals surface area contributed by atoms with Gasteiger partial charge < -0.3 is 19.3 Å². The summed E-state index contributed by atoms with van der Waals surface area (Å²) < 4.78 is 15.9. The maximum absolute atomic E-state index is 12.0. The van der Waals surface area contributed by atoms with Crippen molar-refractivity contribution in [3.05, 3.63) is 17.2 Å². The van der Waals surface area contributed by atoms with Gasteiger partial charge in [0.15, 0.2) is 5.78 Å². The van der Waals surface area contributed by atoms with Crippen molar-refractivity contribution in [2.45, 2.75) is 32.2 Å². The van der Waals surface area contributed by atoms with Gasteiger partial charge in [0.25, 0.3) is 0 Å². The topological polar surface area (TPSA) is 85.3 Å². The lowest BCUT2D eigenvalue weighted by atomic mass is 9.88. The van der Waals surface area contributed by atoms with E-state index in [9.17, 15) is 14.7 Å². The Morgan fingerprint density at radius 3 is 2.40 bits per heavy atom.